The van der Waals surface area contributed by atoms with Crippen LogP contribution in [0.5, 0.6) is 0 Å². The van der Waals surface area contributed by atoms with Gasteiger partial charge < -0.3 is 10.1 Å². The number of esters is 1. The van der Waals surface area contributed by atoms with Crippen LogP contribution in [0.25, 0.3) is 0 Å². The van der Waals surface area contributed by atoms with Gasteiger partial charge in [-0.2, -0.15) is 5.26 Å². The minimum atomic E-state index is -0.796. The average molecular weight is 291 g/mol. The smallest absolute Gasteiger partial charge is 0.353 e. The third-order valence-electron chi connectivity index (χ3n) is 2.44. The van der Waals surface area contributed by atoms with Crippen molar-refractivity contribution in [2.75, 3.05) is 13.2 Å². The van der Waals surface area contributed by atoms with E-state index in [0.717, 1.165) is 12.1 Å². The lowest BCUT2D eigenvalue weighted by atomic mass is 10.1. The number of amides is 1. The van der Waals surface area contributed by atoms with Crippen LogP contribution in [0.2, 0.25) is 0 Å². The van der Waals surface area contributed by atoms with Gasteiger partial charge in [0, 0.05) is 0 Å². The Morgan fingerprint density at radius 3 is 2.76 bits per heavy atom. The molecule has 0 aliphatic rings. The quantitative estimate of drug-likeness (QED) is 0.601. The lowest BCUT2D eigenvalue weighted by Crippen LogP contribution is -2.34. The second kappa shape index (κ2) is 7.75. The number of rotatable bonds is 6. The third-order valence-corrected chi connectivity index (χ3v) is 2.44. The molecule has 0 aromatic heterocycles. The van der Waals surface area contributed by atoms with E-state index in [4.69, 9.17) is 10.7 Å². The molecule has 2 N–H and O–H groups in total. The van der Waals surface area contributed by atoms with Crippen LogP contribution in [0.15, 0.2) is 18.2 Å². The van der Waals surface area contributed by atoms with Crippen LogP contribution in [0.4, 0.5) is 4.39 Å². The molecule has 0 aliphatic heterocycles. The van der Waals surface area contributed by atoms with Crippen LogP contribution in [-0.4, -0.2) is 30.7 Å². The summed E-state index contributed by atoms with van der Waals surface area (Å²) in [5, 5.41) is 18.4. The summed E-state index contributed by atoms with van der Waals surface area (Å²) >= 11 is 0. The van der Waals surface area contributed by atoms with Gasteiger partial charge in [-0.15, -0.1) is 0 Å². The standard InChI is InChI=1S/C14H14FN3O3/c1-2-21-14(20)12(17)8-18-13(19)6-9-3-10(7-16)5-11(15)4-9/h3-5,17H,2,6,8H2,1H3,(H,18,19). The Hall–Kier alpha value is -2.75. The normalized spacial score (nSPS) is 9.57. The molecule has 21 heavy (non-hydrogen) atoms. The number of nitriles is 1. The first kappa shape index (κ1) is 16.3. The monoisotopic (exact) mass is 291 g/mol. The lowest BCUT2D eigenvalue weighted by Gasteiger charge is -2.06. The van der Waals surface area contributed by atoms with Crippen LogP contribution >= 0.6 is 0 Å². The van der Waals surface area contributed by atoms with Crippen LogP contribution in [-0.2, 0) is 20.7 Å². The van der Waals surface area contributed by atoms with Gasteiger partial charge in [0.25, 0.3) is 0 Å². The van der Waals surface area contributed by atoms with Crippen molar-refractivity contribution in [2.24, 2.45) is 0 Å². The number of nitrogens with one attached hydrogen (secondary N) is 2. The van der Waals surface area contributed by atoms with Crippen molar-refractivity contribution in [2.45, 2.75) is 13.3 Å². The van der Waals surface area contributed by atoms with Gasteiger partial charge >= 0.3 is 5.97 Å². The number of hydrogen-bond acceptors (Lipinski definition) is 5. The fraction of sp³-hybridized carbons (Fsp3) is 0.286. The molecule has 1 amide bonds. The fourth-order valence-electron chi connectivity index (χ4n) is 1.54. The summed E-state index contributed by atoms with van der Waals surface area (Å²) in [6.07, 6.45) is -0.150. The molecule has 1 rings (SSSR count). The summed E-state index contributed by atoms with van der Waals surface area (Å²) in [6, 6.07) is 5.41. The van der Waals surface area contributed by atoms with Crippen LogP contribution in [0, 0.1) is 22.6 Å². The minimum Gasteiger partial charge on any atom is -0.461 e. The van der Waals surface area contributed by atoms with Gasteiger partial charge in [-0.05, 0) is 30.7 Å². The first-order valence-electron chi connectivity index (χ1n) is 6.17. The van der Waals surface area contributed by atoms with Gasteiger partial charge in [0.2, 0.25) is 5.91 Å². The van der Waals surface area contributed by atoms with E-state index in [9.17, 15) is 14.0 Å². The van der Waals surface area contributed by atoms with Crippen LogP contribution < -0.4 is 5.32 Å². The first-order valence-corrected chi connectivity index (χ1v) is 6.17. The molecular formula is C14H14FN3O3. The zero-order chi connectivity index (χ0) is 15.8. The number of benzene rings is 1. The van der Waals surface area contributed by atoms with E-state index in [1.165, 1.54) is 6.07 Å². The van der Waals surface area contributed by atoms with E-state index in [-0.39, 0.29) is 30.8 Å². The Morgan fingerprint density at radius 2 is 2.14 bits per heavy atom. The highest BCUT2D eigenvalue weighted by atomic mass is 19.1. The van der Waals surface area contributed by atoms with Crippen molar-refractivity contribution in [1.29, 1.82) is 10.7 Å². The van der Waals surface area contributed by atoms with Gasteiger partial charge in [-0.1, -0.05) is 0 Å². The molecule has 0 saturated heterocycles. The molecule has 0 spiro atoms. The first-order chi connectivity index (χ1) is 9.96. The fourth-order valence-corrected chi connectivity index (χ4v) is 1.54. The summed E-state index contributed by atoms with van der Waals surface area (Å²) in [7, 11) is 0. The Bertz CT molecular complexity index is 608. The van der Waals surface area contributed by atoms with Crippen LogP contribution in [0.1, 0.15) is 18.1 Å². The van der Waals surface area contributed by atoms with Crippen molar-refractivity contribution in [1.82, 2.24) is 5.32 Å². The molecule has 0 bridgehead atoms. The number of hydrogen-bond donors (Lipinski definition) is 2. The Kier molecular flexibility index (Phi) is 6.01. The van der Waals surface area contributed by atoms with Gasteiger partial charge in [0.15, 0.2) is 0 Å². The Labute approximate surface area is 121 Å². The molecule has 6 nitrogen and oxygen atoms in total. The van der Waals surface area contributed by atoms with Gasteiger partial charge in [-0.3, -0.25) is 10.2 Å². The molecule has 0 heterocycles. The topological polar surface area (TPSA) is 103 Å². The SMILES string of the molecule is CCOC(=O)C(=N)CNC(=O)Cc1cc(F)cc(C#N)c1. The van der Waals surface area contributed by atoms with E-state index in [0.29, 0.717) is 5.56 Å². The number of carbonyl (C=O) groups is 2. The highest BCUT2D eigenvalue weighted by Gasteiger charge is 2.12. The maximum Gasteiger partial charge on any atom is 0.353 e. The molecule has 0 aliphatic carbocycles. The molecule has 0 fully saturated rings. The summed E-state index contributed by atoms with van der Waals surface area (Å²) < 4.78 is 17.8. The Morgan fingerprint density at radius 1 is 1.43 bits per heavy atom. The molecule has 1 aromatic rings. The molecule has 0 radical (unpaired) electrons. The molecule has 7 heteroatoms. The maximum absolute atomic E-state index is 13.2. The molecule has 0 atom stereocenters. The van der Waals surface area contributed by atoms with Gasteiger partial charge in [-0.25, -0.2) is 9.18 Å². The van der Waals surface area contributed by atoms with Crippen molar-refractivity contribution in [3.05, 3.63) is 35.1 Å². The zero-order valence-electron chi connectivity index (χ0n) is 11.4. The zero-order valence-corrected chi connectivity index (χ0v) is 11.4. The lowest BCUT2D eigenvalue weighted by molar-refractivity contribution is -0.135. The Balaban J connectivity index is 2.55. The van der Waals surface area contributed by atoms with E-state index in [2.05, 4.69) is 10.1 Å². The summed E-state index contributed by atoms with van der Waals surface area (Å²) in [5.41, 5.74) is 0.0888. The molecule has 110 valence electrons. The van der Waals surface area contributed by atoms with E-state index in [1.54, 1.807) is 13.0 Å². The average Bonchev–Trinajstić information content (AvgIpc) is 2.44. The molecule has 1 aromatic carbocycles. The van der Waals surface area contributed by atoms with Gasteiger partial charge in [0.05, 0.1) is 31.2 Å². The van der Waals surface area contributed by atoms with Crippen molar-refractivity contribution in [3.8, 4) is 6.07 Å². The largest absolute Gasteiger partial charge is 0.461 e. The van der Waals surface area contributed by atoms with Gasteiger partial charge in [0.1, 0.15) is 11.5 Å². The molecule has 0 saturated carbocycles. The molecule has 0 unspecified atom stereocenters. The van der Waals surface area contributed by atoms with E-state index >= 15 is 0 Å². The number of halogens is 1. The predicted molar refractivity (Wildman–Crippen MR) is 72.2 cm³/mol. The van der Waals surface area contributed by atoms with Crippen molar-refractivity contribution in [3.63, 3.8) is 0 Å². The van der Waals surface area contributed by atoms with Crippen LogP contribution in [0.3, 0.4) is 0 Å². The minimum absolute atomic E-state index is 0.122. The second-order valence-electron chi connectivity index (χ2n) is 4.11. The highest BCUT2D eigenvalue weighted by Crippen LogP contribution is 2.09. The maximum atomic E-state index is 13.2. The number of nitrogens with zero attached hydrogens (tertiary/aromatic N) is 1. The predicted octanol–water partition coefficient (Wildman–Crippen LogP) is 0.939. The summed E-state index contributed by atoms with van der Waals surface area (Å²) in [5.74, 6) is -1.88. The van der Waals surface area contributed by atoms with E-state index < -0.39 is 17.7 Å². The summed E-state index contributed by atoms with van der Waals surface area (Å²) in [4.78, 5) is 22.8. The van der Waals surface area contributed by atoms with Crippen molar-refractivity contribution < 1.29 is 18.7 Å². The highest BCUT2D eigenvalue weighted by molar-refractivity contribution is 6.36. The summed E-state index contributed by atoms with van der Waals surface area (Å²) in [6.45, 7) is 1.49. The number of ether oxygens (including phenoxy) is 1. The number of carbonyl (C=O) groups excluding carboxylic acids is 2. The van der Waals surface area contributed by atoms with E-state index in [1.807, 2.05) is 0 Å². The van der Waals surface area contributed by atoms with Crippen molar-refractivity contribution >= 4 is 17.6 Å². The third kappa shape index (κ3) is 5.40. The second-order valence-corrected chi connectivity index (χ2v) is 4.11. The molecular weight excluding hydrogens is 277 g/mol.